The van der Waals surface area contributed by atoms with Crippen LogP contribution in [0.4, 0.5) is 10.5 Å². The fraction of sp³-hybridized carbons (Fsp3) is 0.529. The number of aryl methyl sites for hydroxylation is 1. The van der Waals surface area contributed by atoms with Crippen LogP contribution in [0.3, 0.4) is 0 Å². The van der Waals surface area contributed by atoms with E-state index in [2.05, 4.69) is 27.9 Å². The number of anilines is 1. The Balaban J connectivity index is 2.05. The van der Waals surface area contributed by atoms with E-state index in [1.165, 1.54) is 4.90 Å². The van der Waals surface area contributed by atoms with E-state index >= 15 is 0 Å². The zero-order chi connectivity index (χ0) is 17.9. The highest BCUT2D eigenvalue weighted by molar-refractivity contribution is 14.1. The van der Waals surface area contributed by atoms with Crippen molar-refractivity contribution in [3.8, 4) is 0 Å². The standard InChI is InChI=1S/C17H23IN2O4/c1-10(2)9-24-17(23)20-8-13(21)7-15(20)16(22)19-12-4-5-14(18)11(3)6-12/h4-6,10,13,15,21H,7-9H2,1-3H3,(H,19,22)/t13-,15+/m1/s1. The maximum absolute atomic E-state index is 12.5. The molecule has 1 saturated heterocycles. The molecule has 2 rings (SSSR count). The normalized spacial score (nSPS) is 20.3. The number of aliphatic hydroxyl groups excluding tert-OH is 1. The summed E-state index contributed by atoms with van der Waals surface area (Å²) in [5.41, 5.74) is 1.74. The molecule has 1 heterocycles. The zero-order valence-electron chi connectivity index (χ0n) is 14.1. The van der Waals surface area contributed by atoms with E-state index in [1.54, 1.807) is 0 Å². The van der Waals surface area contributed by atoms with E-state index in [9.17, 15) is 14.7 Å². The fourth-order valence-corrected chi connectivity index (χ4v) is 2.87. The van der Waals surface area contributed by atoms with Crippen molar-refractivity contribution in [2.75, 3.05) is 18.5 Å². The van der Waals surface area contributed by atoms with Gasteiger partial charge < -0.3 is 15.2 Å². The van der Waals surface area contributed by atoms with Crippen LogP contribution in [0.15, 0.2) is 18.2 Å². The number of aliphatic hydroxyl groups is 1. The number of carbonyl (C=O) groups is 2. The number of ether oxygens (including phenoxy) is 1. The van der Waals surface area contributed by atoms with Crippen LogP contribution in [0.1, 0.15) is 25.8 Å². The number of hydrogen-bond acceptors (Lipinski definition) is 4. The third kappa shape index (κ3) is 4.83. The Labute approximate surface area is 155 Å². The topological polar surface area (TPSA) is 78.9 Å². The lowest BCUT2D eigenvalue weighted by Crippen LogP contribution is -2.43. The smallest absolute Gasteiger partial charge is 0.410 e. The van der Waals surface area contributed by atoms with E-state index in [4.69, 9.17) is 4.74 Å². The first-order chi connectivity index (χ1) is 11.3. The molecule has 0 radical (unpaired) electrons. The van der Waals surface area contributed by atoms with Crippen molar-refractivity contribution >= 4 is 40.3 Å². The highest BCUT2D eigenvalue weighted by atomic mass is 127. The van der Waals surface area contributed by atoms with E-state index in [-0.39, 0.29) is 31.4 Å². The average Bonchev–Trinajstić information content (AvgIpc) is 2.90. The number of carbonyl (C=O) groups excluding carboxylic acids is 2. The van der Waals surface area contributed by atoms with Crippen molar-refractivity contribution < 1.29 is 19.4 Å². The minimum Gasteiger partial charge on any atom is -0.449 e. The fourth-order valence-electron chi connectivity index (χ4n) is 2.53. The maximum atomic E-state index is 12.5. The Morgan fingerprint density at radius 1 is 1.46 bits per heavy atom. The van der Waals surface area contributed by atoms with Gasteiger partial charge in [0.05, 0.1) is 19.3 Å². The number of rotatable bonds is 4. The summed E-state index contributed by atoms with van der Waals surface area (Å²) in [6, 6.07) is 4.90. The molecular weight excluding hydrogens is 423 g/mol. The number of halogens is 1. The first-order valence-electron chi connectivity index (χ1n) is 7.96. The lowest BCUT2D eigenvalue weighted by Gasteiger charge is -2.23. The summed E-state index contributed by atoms with van der Waals surface area (Å²) in [5, 5.41) is 12.7. The van der Waals surface area contributed by atoms with Crippen LogP contribution in [0, 0.1) is 16.4 Å². The number of benzene rings is 1. The summed E-state index contributed by atoms with van der Waals surface area (Å²) in [4.78, 5) is 26.0. The van der Waals surface area contributed by atoms with Gasteiger partial charge in [0.15, 0.2) is 0 Å². The van der Waals surface area contributed by atoms with Crippen molar-refractivity contribution in [1.29, 1.82) is 0 Å². The molecule has 24 heavy (non-hydrogen) atoms. The first-order valence-corrected chi connectivity index (χ1v) is 9.04. The molecule has 7 heteroatoms. The minimum absolute atomic E-state index is 0.112. The largest absolute Gasteiger partial charge is 0.449 e. The number of nitrogens with zero attached hydrogens (tertiary/aromatic N) is 1. The van der Waals surface area contributed by atoms with Gasteiger partial charge in [-0.2, -0.15) is 0 Å². The van der Waals surface area contributed by atoms with Gasteiger partial charge >= 0.3 is 6.09 Å². The molecule has 1 fully saturated rings. The Kier molecular flexibility index (Phi) is 6.45. The summed E-state index contributed by atoms with van der Waals surface area (Å²) < 4.78 is 6.31. The van der Waals surface area contributed by atoms with Gasteiger partial charge in [0.1, 0.15) is 6.04 Å². The highest BCUT2D eigenvalue weighted by Gasteiger charge is 2.39. The number of β-amino-alcohol motifs (C(OH)–C–C–N with tert-alkyl or cyclic N) is 1. The molecule has 0 aromatic heterocycles. The monoisotopic (exact) mass is 446 g/mol. The third-order valence-corrected chi connectivity index (χ3v) is 4.99. The van der Waals surface area contributed by atoms with Crippen LogP contribution < -0.4 is 5.32 Å². The predicted octanol–water partition coefficient (Wildman–Crippen LogP) is 2.77. The Morgan fingerprint density at radius 2 is 2.17 bits per heavy atom. The molecule has 0 aliphatic carbocycles. The van der Waals surface area contributed by atoms with Crippen LogP contribution >= 0.6 is 22.6 Å². The molecule has 132 valence electrons. The molecule has 0 unspecified atom stereocenters. The Hall–Kier alpha value is -1.35. The third-order valence-electron chi connectivity index (χ3n) is 3.78. The second-order valence-corrected chi connectivity index (χ2v) is 7.64. The highest BCUT2D eigenvalue weighted by Crippen LogP contribution is 2.22. The van der Waals surface area contributed by atoms with Crippen molar-refractivity contribution in [3.05, 3.63) is 27.3 Å². The maximum Gasteiger partial charge on any atom is 0.410 e. The van der Waals surface area contributed by atoms with Crippen LogP contribution in [0.2, 0.25) is 0 Å². The van der Waals surface area contributed by atoms with Gasteiger partial charge in [0.2, 0.25) is 5.91 Å². The molecule has 1 aliphatic rings. The van der Waals surface area contributed by atoms with Crippen molar-refractivity contribution in [1.82, 2.24) is 4.90 Å². The molecule has 1 aromatic carbocycles. The number of amides is 2. The van der Waals surface area contributed by atoms with E-state index in [0.29, 0.717) is 5.69 Å². The van der Waals surface area contributed by atoms with Gasteiger partial charge in [-0.15, -0.1) is 0 Å². The van der Waals surface area contributed by atoms with Crippen LogP contribution in [-0.4, -0.2) is 47.3 Å². The van der Waals surface area contributed by atoms with Crippen molar-refractivity contribution in [3.63, 3.8) is 0 Å². The van der Waals surface area contributed by atoms with Crippen molar-refractivity contribution in [2.24, 2.45) is 5.92 Å². The van der Waals surface area contributed by atoms with Crippen LogP contribution in [-0.2, 0) is 9.53 Å². The summed E-state index contributed by atoms with van der Waals surface area (Å²) in [6.07, 6.45) is -1.06. The van der Waals surface area contributed by atoms with Gasteiger partial charge in [0.25, 0.3) is 0 Å². The van der Waals surface area contributed by atoms with Gasteiger partial charge in [-0.25, -0.2) is 4.79 Å². The summed E-state index contributed by atoms with van der Waals surface area (Å²) in [7, 11) is 0. The molecule has 2 atom stereocenters. The van der Waals surface area contributed by atoms with Gasteiger partial charge in [-0.1, -0.05) is 13.8 Å². The quantitative estimate of drug-likeness (QED) is 0.698. The van der Waals surface area contributed by atoms with E-state index in [1.807, 2.05) is 39.0 Å². The molecule has 0 bridgehead atoms. The molecule has 1 aliphatic heterocycles. The molecule has 0 spiro atoms. The molecule has 2 N–H and O–H groups in total. The van der Waals surface area contributed by atoms with Gasteiger partial charge in [-0.05, 0) is 59.2 Å². The minimum atomic E-state index is -0.723. The lowest BCUT2D eigenvalue weighted by molar-refractivity contribution is -0.120. The Bertz CT molecular complexity index is 621. The van der Waals surface area contributed by atoms with Crippen LogP contribution in [0.25, 0.3) is 0 Å². The summed E-state index contributed by atoms with van der Waals surface area (Å²) >= 11 is 2.23. The molecule has 2 amide bonds. The number of likely N-dealkylation sites (tertiary alicyclic amines) is 1. The van der Waals surface area contributed by atoms with E-state index < -0.39 is 18.2 Å². The van der Waals surface area contributed by atoms with Crippen LogP contribution in [0.5, 0.6) is 0 Å². The second-order valence-electron chi connectivity index (χ2n) is 6.48. The SMILES string of the molecule is Cc1cc(NC(=O)[C@@H]2C[C@@H](O)CN2C(=O)OCC(C)C)ccc1I. The van der Waals surface area contributed by atoms with E-state index in [0.717, 1.165) is 9.13 Å². The average molecular weight is 446 g/mol. The van der Waals surface area contributed by atoms with Gasteiger partial charge in [0, 0.05) is 15.7 Å². The first kappa shape index (κ1) is 19.0. The molecular formula is C17H23IN2O4. The lowest BCUT2D eigenvalue weighted by atomic mass is 10.1. The zero-order valence-corrected chi connectivity index (χ0v) is 16.2. The number of hydrogen-bond donors (Lipinski definition) is 2. The van der Waals surface area contributed by atoms with Crippen molar-refractivity contribution in [2.45, 2.75) is 39.3 Å². The van der Waals surface area contributed by atoms with Gasteiger partial charge in [-0.3, -0.25) is 9.69 Å². The molecule has 6 nitrogen and oxygen atoms in total. The number of nitrogens with one attached hydrogen (secondary N) is 1. The summed E-state index contributed by atoms with van der Waals surface area (Å²) in [6.45, 7) is 6.24. The second kappa shape index (κ2) is 8.15. The Morgan fingerprint density at radius 3 is 2.79 bits per heavy atom. The molecule has 0 saturated carbocycles. The molecule has 1 aromatic rings. The predicted molar refractivity (Wildman–Crippen MR) is 99.8 cm³/mol. The summed E-state index contributed by atoms with van der Waals surface area (Å²) in [5.74, 6) is -0.0998.